The fourth-order valence-electron chi connectivity index (χ4n) is 3.47. The molecule has 0 amide bonds. The molecular formula is C19H20N2O2S. The van der Waals surface area contributed by atoms with Crippen LogP contribution in [-0.2, 0) is 6.54 Å². The number of methoxy groups -OCH3 is 1. The highest BCUT2D eigenvalue weighted by Crippen LogP contribution is 2.37. The van der Waals surface area contributed by atoms with E-state index in [4.69, 9.17) is 21.7 Å². The van der Waals surface area contributed by atoms with E-state index in [2.05, 4.69) is 9.88 Å². The van der Waals surface area contributed by atoms with Gasteiger partial charge in [0.15, 0.2) is 11.5 Å². The van der Waals surface area contributed by atoms with Crippen molar-refractivity contribution in [2.75, 3.05) is 12.0 Å². The number of thiocarbonyl (C=S) groups is 1. The molecule has 1 fully saturated rings. The minimum Gasteiger partial charge on any atom is -0.493 e. The zero-order chi connectivity index (χ0) is 16.5. The van der Waals surface area contributed by atoms with Crippen LogP contribution >= 0.6 is 12.2 Å². The standard InChI is InChI=1S/C19H20N2O2S/c1-22-17-7-6-14(10-18(17)23-15-4-2-3-5-15)21-12-13-11-20-9-8-16(13)19(21)24/h6-11,15H,2-5,12H2,1H3. The Balaban J connectivity index is 1.63. The van der Waals surface area contributed by atoms with E-state index in [-0.39, 0.29) is 0 Å². The van der Waals surface area contributed by atoms with Gasteiger partial charge < -0.3 is 14.4 Å². The summed E-state index contributed by atoms with van der Waals surface area (Å²) >= 11 is 5.65. The van der Waals surface area contributed by atoms with Crippen LogP contribution in [-0.4, -0.2) is 23.2 Å². The van der Waals surface area contributed by atoms with Crippen molar-refractivity contribution in [1.82, 2.24) is 4.98 Å². The summed E-state index contributed by atoms with van der Waals surface area (Å²) < 4.78 is 11.7. The first-order valence-corrected chi connectivity index (χ1v) is 8.76. The molecule has 24 heavy (non-hydrogen) atoms. The molecule has 1 aliphatic heterocycles. The van der Waals surface area contributed by atoms with E-state index in [9.17, 15) is 0 Å². The molecule has 2 aliphatic rings. The van der Waals surface area contributed by atoms with Crippen LogP contribution in [0.5, 0.6) is 11.5 Å². The Bertz CT molecular complexity index is 772. The Hall–Kier alpha value is -2.14. The highest BCUT2D eigenvalue weighted by molar-refractivity contribution is 7.81. The first-order valence-electron chi connectivity index (χ1n) is 8.35. The Morgan fingerprint density at radius 2 is 2.00 bits per heavy atom. The van der Waals surface area contributed by atoms with Crippen molar-refractivity contribution in [3.8, 4) is 11.5 Å². The molecule has 124 valence electrons. The highest BCUT2D eigenvalue weighted by atomic mass is 32.1. The molecule has 0 saturated heterocycles. The van der Waals surface area contributed by atoms with E-state index in [1.54, 1.807) is 13.3 Å². The fourth-order valence-corrected chi connectivity index (χ4v) is 3.84. The average Bonchev–Trinajstić information content (AvgIpc) is 3.23. The van der Waals surface area contributed by atoms with Gasteiger partial charge in [-0.15, -0.1) is 0 Å². The molecule has 1 saturated carbocycles. The fraction of sp³-hybridized carbons (Fsp3) is 0.368. The molecule has 0 radical (unpaired) electrons. The zero-order valence-electron chi connectivity index (χ0n) is 13.7. The number of hydrogen-bond donors (Lipinski definition) is 0. The minimum absolute atomic E-state index is 0.293. The summed E-state index contributed by atoms with van der Waals surface area (Å²) in [4.78, 5) is 7.17. The van der Waals surface area contributed by atoms with Crippen molar-refractivity contribution in [2.45, 2.75) is 38.3 Å². The van der Waals surface area contributed by atoms with Gasteiger partial charge in [0, 0.05) is 35.3 Å². The van der Waals surface area contributed by atoms with Gasteiger partial charge in [0.2, 0.25) is 0 Å². The lowest BCUT2D eigenvalue weighted by molar-refractivity contribution is 0.201. The number of hydrogen-bond acceptors (Lipinski definition) is 4. The number of benzene rings is 1. The molecule has 1 aromatic heterocycles. The predicted molar refractivity (Wildman–Crippen MR) is 98.0 cm³/mol. The van der Waals surface area contributed by atoms with E-state index in [1.165, 1.54) is 12.8 Å². The second-order valence-electron chi connectivity index (χ2n) is 6.28. The van der Waals surface area contributed by atoms with Crippen molar-refractivity contribution >= 4 is 22.9 Å². The van der Waals surface area contributed by atoms with Gasteiger partial charge in [-0.05, 0) is 43.9 Å². The van der Waals surface area contributed by atoms with Crippen molar-refractivity contribution in [3.63, 3.8) is 0 Å². The molecule has 0 spiro atoms. The molecule has 4 rings (SSSR count). The molecule has 1 aliphatic carbocycles. The maximum Gasteiger partial charge on any atom is 0.163 e. The predicted octanol–water partition coefficient (Wildman–Crippen LogP) is 4.11. The van der Waals surface area contributed by atoms with Gasteiger partial charge in [0.05, 0.1) is 19.8 Å². The minimum atomic E-state index is 0.293. The maximum atomic E-state index is 6.20. The molecular weight excluding hydrogens is 320 g/mol. The van der Waals surface area contributed by atoms with Gasteiger partial charge >= 0.3 is 0 Å². The van der Waals surface area contributed by atoms with Crippen LogP contribution in [0, 0.1) is 0 Å². The van der Waals surface area contributed by atoms with Crippen LogP contribution in [0.25, 0.3) is 0 Å². The van der Waals surface area contributed by atoms with Crippen molar-refractivity contribution in [3.05, 3.63) is 47.8 Å². The van der Waals surface area contributed by atoms with E-state index in [0.29, 0.717) is 6.10 Å². The lowest BCUT2D eigenvalue weighted by atomic mass is 10.2. The van der Waals surface area contributed by atoms with Crippen LogP contribution < -0.4 is 14.4 Å². The van der Waals surface area contributed by atoms with Crippen LogP contribution in [0.3, 0.4) is 0 Å². The van der Waals surface area contributed by atoms with Crippen LogP contribution in [0.15, 0.2) is 36.7 Å². The van der Waals surface area contributed by atoms with Crippen molar-refractivity contribution < 1.29 is 9.47 Å². The largest absolute Gasteiger partial charge is 0.493 e. The maximum absolute atomic E-state index is 6.20. The summed E-state index contributed by atoms with van der Waals surface area (Å²) in [6.07, 6.45) is 8.69. The van der Waals surface area contributed by atoms with E-state index >= 15 is 0 Å². The Morgan fingerprint density at radius 1 is 1.17 bits per heavy atom. The zero-order valence-corrected chi connectivity index (χ0v) is 14.5. The number of rotatable bonds is 4. The van der Waals surface area contributed by atoms with Gasteiger partial charge in [0.1, 0.15) is 4.99 Å². The summed E-state index contributed by atoms with van der Waals surface area (Å²) in [6.45, 7) is 0.747. The van der Waals surface area contributed by atoms with E-state index in [0.717, 1.165) is 52.7 Å². The molecule has 1 aromatic carbocycles. The van der Waals surface area contributed by atoms with E-state index in [1.807, 2.05) is 30.5 Å². The second kappa shape index (κ2) is 6.40. The molecule has 2 aromatic rings. The molecule has 0 unspecified atom stereocenters. The summed E-state index contributed by atoms with van der Waals surface area (Å²) in [5, 5.41) is 0. The SMILES string of the molecule is COc1ccc(N2Cc3cnccc3C2=S)cc1OC1CCCC1. The molecule has 2 heterocycles. The Kier molecular flexibility index (Phi) is 4.10. The average molecular weight is 340 g/mol. The number of fused-ring (bicyclic) bond motifs is 1. The third-order valence-corrected chi connectivity index (χ3v) is 5.20. The molecule has 0 atom stereocenters. The first-order chi connectivity index (χ1) is 11.8. The smallest absolute Gasteiger partial charge is 0.163 e. The van der Waals surface area contributed by atoms with Crippen LogP contribution in [0.1, 0.15) is 36.8 Å². The molecule has 0 N–H and O–H groups in total. The van der Waals surface area contributed by atoms with Gasteiger partial charge in [-0.2, -0.15) is 0 Å². The first kappa shape index (κ1) is 15.4. The summed E-state index contributed by atoms with van der Waals surface area (Å²) in [5.41, 5.74) is 3.29. The van der Waals surface area contributed by atoms with Crippen molar-refractivity contribution in [1.29, 1.82) is 0 Å². The number of anilines is 1. The molecule has 0 bridgehead atoms. The second-order valence-corrected chi connectivity index (χ2v) is 6.67. The third kappa shape index (κ3) is 2.73. The number of aromatic nitrogens is 1. The monoisotopic (exact) mass is 340 g/mol. The van der Waals surface area contributed by atoms with Crippen LogP contribution in [0.2, 0.25) is 0 Å². The van der Waals surface area contributed by atoms with Gasteiger partial charge in [0.25, 0.3) is 0 Å². The summed E-state index contributed by atoms with van der Waals surface area (Å²) in [6, 6.07) is 8.02. The van der Waals surface area contributed by atoms with Crippen molar-refractivity contribution in [2.24, 2.45) is 0 Å². The lowest BCUT2D eigenvalue weighted by Gasteiger charge is -2.21. The number of pyridine rings is 1. The number of nitrogens with zero attached hydrogens (tertiary/aromatic N) is 2. The molecule has 4 nitrogen and oxygen atoms in total. The highest BCUT2D eigenvalue weighted by Gasteiger charge is 2.26. The Morgan fingerprint density at radius 3 is 2.75 bits per heavy atom. The molecule has 5 heteroatoms. The Labute approximate surface area is 147 Å². The van der Waals surface area contributed by atoms with Crippen LogP contribution in [0.4, 0.5) is 5.69 Å². The third-order valence-electron chi connectivity index (χ3n) is 4.76. The van der Waals surface area contributed by atoms with E-state index < -0.39 is 0 Å². The topological polar surface area (TPSA) is 34.6 Å². The summed E-state index contributed by atoms with van der Waals surface area (Å²) in [7, 11) is 1.68. The number of ether oxygens (including phenoxy) is 2. The normalized spacial score (nSPS) is 17.2. The van der Waals surface area contributed by atoms with Gasteiger partial charge in [-0.1, -0.05) is 12.2 Å². The lowest BCUT2D eigenvalue weighted by Crippen LogP contribution is -2.22. The quantitative estimate of drug-likeness (QED) is 0.783. The van der Waals surface area contributed by atoms with Gasteiger partial charge in [-0.25, -0.2) is 0 Å². The summed E-state index contributed by atoms with van der Waals surface area (Å²) in [5.74, 6) is 1.58. The van der Waals surface area contributed by atoms with Gasteiger partial charge in [-0.3, -0.25) is 4.98 Å².